The molecule has 1 aromatic carbocycles. The maximum atomic E-state index is 10.3. The van der Waals surface area contributed by atoms with Gasteiger partial charge in [0.15, 0.2) is 0 Å². The van der Waals surface area contributed by atoms with Gasteiger partial charge in [-0.15, -0.1) is 0 Å². The number of halogens is 1. The summed E-state index contributed by atoms with van der Waals surface area (Å²) >= 11 is 2.02. The number of non-ortho nitro benzene ring substituents is 1. The maximum absolute atomic E-state index is 10.3. The second-order valence-electron chi connectivity index (χ2n) is 2.07. The summed E-state index contributed by atoms with van der Waals surface area (Å²) in [4.78, 5) is 9.86. The molecule has 1 aromatic rings. The standard InChI is InChI=1S/C7H5INO2/c1-5-2-6(8)4-7(3-5)9(10)11/h2-4H,1H2. The topological polar surface area (TPSA) is 43.1 Å². The van der Waals surface area contributed by atoms with E-state index in [9.17, 15) is 10.1 Å². The zero-order valence-electron chi connectivity index (χ0n) is 5.58. The molecule has 0 unspecified atom stereocenters. The van der Waals surface area contributed by atoms with Crippen LogP contribution in [0.25, 0.3) is 0 Å². The largest absolute Gasteiger partial charge is 0.270 e. The molecule has 0 amide bonds. The summed E-state index contributed by atoms with van der Waals surface area (Å²) in [6.45, 7) is 3.62. The van der Waals surface area contributed by atoms with Crippen LogP contribution < -0.4 is 0 Å². The normalized spacial score (nSPS) is 9.64. The van der Waals surface area contributed by atoms with Crippen LogP contribution >= 0.6 is 22.6 Å². The Morgan fingerprint density at radius 3 is 2.55 bits per heavy atom. The Labute approximate surface area is 77.7 Å². The number of hydrogen-bond acceptors (Lipinski definition) is 2. The van der Waals surface area contributed by atoms with Gasteiger partial charge in [-0.3, -0.25) is 10.1 Å². The van der Waals surface area contributed by atoms with E-state index in [0.29, 0.717) is 5.56 Å². The molecule has 0 heterocycles. The van der Waals surface area contributed by atoms with Gasteiger partial charge >= 0.3 is 0 Å². The quantitative estimate of drug-likeness (QED) is 0.443. The fourth-order valence-corrected chi connectivity index (χ4v) is 1.46. The monoisotopic (exact) mass is 262 g/mol. The van der Waals surface area contributed by atoms with Crippen LogP contribution in [0.2, 0.25) is 0 Å². The Hall–Kier alpha value is -0.650. The van der Waals surface area contributed by atoms with Gasteiger partial charge in [-0.25, -0.2) is 0 Å². The zero-order valence-corrected chi connectivity index (χ0v) is 7.74. The summed E-state index contributed by atoms with van der Waals surface area (Å²) < 4.78 is 0.835. The van der Waals surface area contributed by atoms with Crippen LogP contribution in [0.4, 0.5) is 5.69 Å². The van der Waals surface area contributed by atoms with Gasteiger partial charge < -0.3 is 0 Å². The molecule has 0 N–H and O–H groups in total. The number of rotatable bonds is 1. The van der Waals surface area contributed by atoms with E-state index in [1.54, 1.807) is 6.07 Å². The van der Waals surface area contributed by atoms with E-state index >= 15 is 0 Å². The lowest BCUT2D eigenvalue weighted by Crippen LogP contribution is -1.89. The minimum Gasteiger partial charge on any atom is -0.258 e. The first-order valence-corrected chi connectivity index (χ1v) is 3.94. The van der Waals surface area contributed by atoms with Gasteiger partial charge in [-0.05, 0) is 41.1 Å². The highest BCUT2D eigenvalue weighted by Crippen LogP contribution is 2.17. The predicted octanol–water partition coefficient (Wildman–Crippen LogP) is 2.38. The lowest BCUT2D eigenvalue weighted by Gasteiger charge is -1.94. The molecular formula is C7H5INO2. The SMILES string of the molecule is [CH2]c1cc(I)cc([N+](=O)[O-])c1. The molecule has 1 radical (unpaired) electrons. The van der Waals surface area contributed by atoms with Gasteiger partial charge in [0, 0.05) is 15.7 Å². The molecule has 0 spiro atoms. The number of nitrogens with zero attached hydrogens (tertiary/aromatic N) is 1. The Balaban J connectivity index is 3.19. The van der Waals surface area contributed by atoms with Gasteiger partial charge in [0.05, 0.1) is 4.92 Å². The molecule has 0 fully saturated rings. The van der Waals surface area contributed by atoms with Crippen molar-refractivity contribution < 1.29 is 4.92 Å². The molecule has 11 heavy (non-hydrogen) atoms. The first-order chi connectivity index (χ1) is 5.09. The van der Waals surface area contributed by atoms with E-state index in [0.717, 1.165) is 3.57 Å². The maximum Gasteiger partial charge on any atom is 0.270 e. The van der Waals surface area contributed by atoms with E-state index in [4.69, 9.17) is 0 Å². The van der Waals surface area contributed by atoms with Crippen LogP contribution in [-0.4, -0.2) is 4.92 Å². The van der Waals surface area contributed by atoms with Crippen molar-refractivity contribution >= 4 is 28.3 Å². The third-order valence-corrected chi connectivity index (χ3v) is 1.78. The Morgan fingerprint density at radius 2 is 2.09 bits per heavy atom. The van der Waals surface area contributed by atoms with E-state index < -0.39 is 4.92 Å². The molecule has 0 saturated carbocycles. The van der Waals surface area contributed by atoms with Crippen molar-refractivity contribution in [1.29, 1.82) is 0 Å². The van der Waals surface area contributed by atoms with E-state index in [1.807, 2.05) is 22.6 Å². The van der Waals surface area contributed by atoms with Crippen LogP contribution in [-0.2, 0) is 0 Å². The molecule has 0 saturated heterocycles. The van der Waals surface area contributed by atoms with E-state index in [1.165, 1.54) is 12.1 Å². The van der Waals surface area contributed by atoms with E-state index in [2.05, 4.69) is 6.92 Å². The van der Waals surface area contributed by atoms with Crippen molar-refractivity contribution in [2.24, 2.45) is 0 Å². The lowest BCUT2D eigenvalue weighted by atomic mass is 10.2. The molecule has 1 rings (SSSR count). The fourth-order valence-electron chi connectivity index (χ4n) is 0.739. The van der Waals surface area contributed by atoms with Crippen LogP contribution in [0.1, 0.15) is 5.56 Å². The number of nitro benzene ring substituents is 1. The summed E-state index contributed by atoms with van der Waals surface area (Å²) in [6, 6.07) is 4.74. The molecule has 0 aliphatic rings. The average molecular weight is 262 g/mol. The first-order valence-electron chi connectivity index (χ1n) is 2.86. The molecule has 3 nitrogen and oxygen atoms in total. The van der Waals surface area contributed by atoms with Crippen molar-refractivity contribution in [2.75, 3.05) is 0 Å². The van der Waals surface area contributed by atoms with Gasteiger partial charge in [0.1, 0.15) is 0 Å². The average Bonchev–Trinajstić information content (AvgIpc) is 1.85. The lowest BCUT2D eigenvalue weighted by molar-refractivity contribution is -0.385. The van der Waals surface area contributed by atoms with Gasteiger partial charge in [0.2, 0.25) is 0 Å². The van der Waals surface area contributed by atoms with Crippen molar-refractivity contribution in [3.8, 4) is 0 Å². The van der Waals surface area contributed by atoms with E-state index in [-0.39, 0.29) is 5.69 Å². The Morgan fingerprint density at radius 1 is 1.45 bits per heavy atom. The zero-order chi connectivity index (χ0) is 8.43. The number of hydrogen-bond donors (Lipinski definition) is 0. The number of nitro groups is 1. The summed E-state index contributed by atoms with van der Waals surface area (Å²) in [5.41, 5.74) is 0.769. The first kappa shape index (κ1) is 8.45. The Bertz CT molecular complexity index is 278. The fraction of sp³-hybridized carbons (Fsp3) is 0. The third-order valence-electron chi connectivity index (χ3n) is 1.15. The minimum absolute atomic E-state index is 0.0990. The summed E-state index contributed by atoms with van der Waals surface area (Å²) in [5.74, 6) is 0. The van der Waals surface area contributed by atoms with Crippen molar-refractivity contribution in [3.63, 3.8) is 0 Å². The molecule has 57 valence electrons. The van der Waals surface area contributed by atoms with Gasteiger partial charge in [-0.2, -0.15) is 0 Å². The molecule has 0 atom stereocenters. The third kappa shape index (κ3) is 2.14. The van der Waals surface area contributed by atoms with Crippen molar-refractivity contribution in [3.05, 3.63) is 44.4 Å². The number of benzene rings is 1. The van der Waals surface area contributed by atoms with Gasteiger partial charge in [-0.1, -0.05) is 0 Å². The second kappa shape index (κ2) is 3.17. The van der Waals surface area contributed by atoms with Crippen molar-refractivity contribution in [1.82, 2.24) is 0 Å². The minimum atomic E-state index is -0.420. The summed E-state index contributed by atoms with van der Waals surface area (Å²) in [6.07, 6.45) is 0. The summed E-state index contributed by atoms with van der Waals surface area (Å²) in [7, 11) is 0. The van der Waals surface area contributed by atoms with Crippen LogP contribution in [0.15, 0.2) is 18.2 Å². The molecule has 0 bridgehead atoms. The highest BCUT2D eigenvalue weighted by atomic mass is 127. The van der Waals surface area contributed by atoms with Crippen LogP contribution in [0.3, 0.4) is 0 Å². The van der Waals surface area contributed by atoms with Crippen molar-refractivity contribution in [2.45, 2.75) is 0 Å². The van der Waals surface area contributed by atoms with Crippen LogP contribution in [0, 0.1) is 20.6 Å². The molecular weight excluding hydrogens is 257 g/mol. The smallest absolute Gasteiger partial charge is 0.258 e. The van der Waals surface area contributed by atoms with Gasteiger partial charge in [0.25, 0.3) is 5.69 Å². The second-order valence-corrected chi connectivity index (χ2v) is 3.32. The highest BCUT2D eigenvalue weighted by molar-refractivity contribution is 14.1. The molecule has 0 aromatic heterocycles. The predicted molar refractivity (Wildman–Crippen MR) is 50.3 cm³/mol. The molecule has 0 aliphatic carbocycles. The highest BCUT2D eigenvalue weighted by Gasteiger charge is 2.05. The molecule has 4 heteroatoms. The van der Waals surface area contributed by atoms with Crippen LogP contribution in [0.5, 0.6) is 0 Å². The summed E-state index contributed by atoms with van der Waals surface area (Å²) in [5, 5.41) is 10.3. The Kier molecular flexibility index (Phi) is 2.43. The molecule has 0 aliphatic heterocycles.